The Hall–Kier alpha value is -6.15. The number of nitrogens with two attached hydrogens (primary N) is 1. The minimum atomic E-state index is -2.95. The molecule has 0 aliphatic rings. The van der Waals surface area contributed by atoms with Gasteiger partial charge in [-0.15, -0.1) is 0 Å². The number of aromatic nitrogens is 6. The number of nitrogens with zero attached hydrogens (tertiary/aromatic N) is 7. The Morgan fingerprint density at radius 3 is 2.33 bits per heavy atom. The lowest BCUT2D eigenvalue weighted by Gasteiger charge is -2.12. The van der Waals surface area contributed by atoms with Crippen LogP contribution in [0.5, 0.6) is 5.75 Å². The number of nitrogens with one attached hydrogen (secondary N) is 2. The van der Waals surface area contributed by atoms with Crippen LogP contribution in [-0.4, -0.2) is 36.1 Å². The van der Waals surface area contributed by atoms with Crippen LogP contribution in [0.1, 0.15) is 17.0 Å². The van der Waals surface area contributed by atoms with Crippen LogP contribution in [0.15, 0.2) is 67.0 Å². The summed E-state index contributed by atoms with van der Waals surface area (Å²) < 4.78 is 45.0. The van der Waals surface area contributed by atoms with Gasteiger partial charge < -0.3 is 20.8 Å². The Morgan fingerprint density at radius 2 is 1.64 bits per heavy atom. The van der Waals surface area contributed by atoms with Crippen LogP contribution in [0, 0.1) is 35.4 Å². The number of aryl methyl sites for hydroxylation is 1. The summed E-state index contributed by atoms with van der Waals surface area (Å²) in [7, 11) is 0. The van der Waals surface area contributed by atoms with Crippen molar-refractivity contribution >= 4 is 39.4 Å². The van der Waals surface area contributed by atoms with Gasteiger partial charge in [-0.1, -0.05) is 0 Å². The molecule has 14 heteroatoms. The Morgan fingerprint density at radius 1 is 0.952 bits per heavy atom. The van der Waals surface area contributed by atoms with Gasteiger partial charge in [0.25, 0.3) is 0 Å². The smallest absolute Gasteiger partial charge is 0.387 e. The predicted molar refractivity (Wildman–Crippen MR) is 148 cm³/mol. The number of imidazole rings is 2. The molecule has 0 spiro atoms. The zero-order chi connectivity index (χ0) is 29.8. The summed E-state index contributed by atoms with van der Waals surface area (Å²) in [6.07, 6.45) is 1.62. The molecule has 0 aliphatic carbocycles. The van der Waals surface area contributed by atoms with Crippen LogP contribution in [0.4, 0.5) is 30.5 Å². The third kappa shape index (κ3) is 5.73. The lowest BCUT2D eigenvalue weighted by atomic mass is 10.2. The molecule has 208 valence electrons. The first-order chi connectivity index (χ1) is 20.2. The molecule has 0 radical (unpaired) electrons. The number of hydrogen-bond acceptors (Lipinski definition) is 9. The van der Waals surface area contributed by atoms with Gasteiger partial charge in [-0.25, -0.2) is 9.97 Å². The number of nitrogen functional groups attached to an aromatic ring is 1. The highest BCUT2D eigenvalue weighted by Crippen LogP contribution is 2.27. The highest BCUT2D eigenvalue weighted by molar-refractivity contribution is 5.79. The van der Waals surface area contributed by atoms with Crippen LogP contribution in [-0.2, 0) is 0 Å². The Bertz CT molecular complexity index is 1990. The number of nitriles is 2. The Kier molecular flexibility index (Phi) is 7.53. The summed E-state index contributed by atoms with van der Waals surface area (Å²) in [4.78, 5) is 19.6. The number of halogens is 3. The number of rotatable bonds is 5. The van der Waals surface area contributed by atoms with E-state index in [-0.39, 0.29) is 17.5 Å². The number of alkyl halides is 2. The summed E-state index contributed by atoms with van der Waals surface area (Å²) in [5.74, 6) is -0.982. The van der Waals surface area contributed by atoms with E-state index in [1.54, 1.807) is 48.1 Å². The van der Waals surface area contributed by atoms with Crippen LogP contribution in [0.3, 0.4) is 0 Å². The molecule has 0 saturated heterocycles. The quantitative estimate of drug-likeness (QED) is 0.243. The van der Waals surface area contributed by atoms with Crippen molar-refractivity contribution in [2.75, 3.05) is 11.1 Å². The molecule has 0 aliphatic heterocycles. The van der Waals surface area contributed by atoms with Gasteiger partial charge in [0.2, 0.25) is 11.8 Å². The monoisotopic (exact) mass is 568 g/mol. The zero-order valence-corrected chi connectivity index (χ0v) is 21.7. The number of H-pyrrole nitrogens is 1. The van der Waals surface area contributed by atoms with E-state index in [0.29, 0.717) is 33.7 Å². The summed E-state index contributed by atoms with van der Waals surface area (Å²) >= 11 is 0. The average molecular weight is 569 g/mol. The van der Waals surface area contributed by atoms with E-state index in [0.717, 1.165) is 11.0 Å². The largest absolute Gasteiger partial charge is 0.435 e. The van der Waals surface area contributed by atoms with Gasteiger partial charge in [-0.2, -0.15) is 33.7 Å². The van der Waals surface area contributed by atoms with Crippen LogP contribution < -0.4 is 15.8 Å². The first-order valence-electron chi connectivity index (χ1n) is 12.1. The van der Waals surface area contributed by atoms with Crippen LogP contribution in [0.2, 0.25) is 0 Å². The fraction of sp³-hybridized carbons (Fsp3) is 0.0714. The molecule has 0 saturated carbocycles. The van der Waals surface area contributed by atoms with Gasteiger partial charge in [0.1, 0.15) is 11.6 Å². The maximum absolute atomic E-state index is 14.6. The molecule has 6 aromatic rings. The molecule has 3 aromatic carbocycles. The summed E-state index contributed by atoms with van der Waals surface area (Å²) in [6, 6.07) is 19.9. The molecule has 4 N–H and O–H groups in total. The summed E-state index contributed by atoms with van der Waals surface area (Å²) in [5, 5.41) is 20.5. The number of anilines is 3. The van der Waals surface area contributed by atoms with Gasteiger partial charge in [0, 0.05) is 5.69 Å². The highest BCUT2D eigenvalue weighted by Gasteiger charge is 2.18. The average Bonchev–Trinajstić information content (AvgIpc) is 3.58. The number of ether oxygens (including phenoxy) is 1. The van der Waals surface area contributed by atoms with Gasteiger partial charge in [0.15, 0.2) is 11.6 Å². The van der Waals surface area contributed by atoms with Gasteiger partial charge >= 0.3 is 6.61 Å². The van der Waals surface area contributed by atoms with Crippen molar-refractivity contribution < 1.29 is 17.9 Å². The molecule has 3 heterocycles. The van der Waals surface area contributed by atoms with Crippen molar-refractivity contribution in [1.29, 1.82) is 10.5 Å². The molecule has 42 heavy (non-hydrogen) atoms. The Balaban J connectivity index is 0.000000267. The standard InChI is InChI=1S/C20H14F3N7O.C8H5N3/c1-10-26-14-7-2-11(9-24)8-15(14)30(10)20-28-17(25)16(21)18(29-20)27-12-3-5-13(6-4-12)31-19(22)23;9-4-6-1-2-7-8(3-6)11-5-10-7/h2-8,19H,1H3,(H3,25,27,28,29);1-3,5H,(H,10,11). The molecular weight excluding hydrogens is 549 g/mol. The SMILES string of the molecule is Cc1nc2ccc(C#N)cc2n1-c1nc(N)c(F)c(Nc2ccc(OC(F)F)cc2)n1.N#Cc1ccc2nc[nH]c2c1. The molecule has 0 bridgehead atoms. The van der Waals surface area contributed by atoms with E-state index in [4.69, 9.17) is 11.0 Å². The lowest BCUT2D eigenvalue weighted by molar-refractivity contribution is -0.0498. The van der Waals surface area contributed by atoms with E-state index in [9.17, 15) is 18.4 Å². The van der Waals surface area contributed by atoms with Gasteiger partial charge in [-0.3, -0.25) is 4.57 Å². The van der Waals surface area contributed by atoms with Crippen molar-refractivity contribution in [3.8, 4) is 23.8 Å². The topological polar surface area (TPSA) is 167 Å². The highest BCUT2D eigenvalue weighted by atomic mass is 19.3. The third-order valence-corrected chi connectivity index (χ3v) is 5.91. The van der Waals surface area contributed by atoms with Crippen LogP contribution in [0.25, 0.3) is 28.0 Å². The normalized spacial score (nSPS) is 10.6. The van der Waals surface area contributed by atoms with Gasteiger partial charge in [0.05, 0.1) is 51.7 Å². The lowest BCUT2D eigenvalue weighted by Crippen LogP contribution is -2.10. The molecule has 0 atom stereocenters. The third-order valence-electron chi connectivity index (χ3n) is 5.91. The maximum Gasteiger partial charge on any atom is 0.387 e. The van der Waals surface area contributed by atoms with E-state index in [1.807, 2.05) is 6.07 Å². The second-order valence-electron chi connectivity index (χ2n) is 8.66. The predicted octanol–water partition coefficient (Wildman–Crippen LogP) is 5.50. The minimum absolute atomic E-state index is 0.0438. The summed E-state index contributed by atoms with van der Waals surface area (Å²) in [6.45, 7) is -1.24. The van der Waals surface area contributed by atoms with E-state index in [1.165, 1.54) is 24.3 Å². The van der Waals surface area contributed by atoms with E-state index < -0.39 is 18.2 Å². The number of aromatic amines is 1. The first-order valence-corrected chi connectivity index (χ1v) is 12.1. The molecule has 0 fully saturated rings. The van der Waals surface area contributed by atoms with Crippen molar-refractivity contribution in [1.82, 2.24) is 29.5 Å². The van der Waals surface area contributed by atoms with Crippen molar-refractivity contribution in [3.63, 3.8) is 0 Å². The molecule has 6 rings (SSSR count). The van der Waals surface area contributed by atoms with Crippen LogP contribution >= 0.6 is 0 Å². The number of fused-ring (bicyclic) bond motifs is 2. The molecule has 3 aromatic heterocycles. The fourth-order valence-electron chi connectivity index (χ4n) is 4.01. The molecule has 0 unspecified atom stereocenters. The second-order valence-corrected chi connectivity index (χ2v) is 8.66. The van der Waals surface area contributed by atoms with Gasteiger partial charge in [-0.05, 0) is 67.6 Å². The van der Waals surface area contributed by atoms with E-state index >= 15 is 0 Å². The first kappa shape index (κ1) is 27.4. The minimum Gasteiger partial charge on any atom is -0.435 e. The molecule has 11 nitrogen and oxygen atoms in total. The van der Waals surface area contributed by atoms with Crippen molar-refractivity contribution in [2.45, 2.75) is 13.5 Å². The number of hydrogen-bond donors (Lipinski definition) is 3. The number of benzene rings is 3. The van der Waals surface area contributed by atoms with Crippen molar-refractivity contribution in [2.24, 2.45) is 0 Å². The zero-order valence-electron chi connectivity index (χ0n) is 21.7. The van der Waals surface area contributed by atoms with Crippen molar-refractivity contribution in [3.05, 3.63) is 89.8 Å². The Labute approximate surface area is 235 Å². The molecule has 0 amide bonds. The molecular formula is C28H19F3N10O. The second kappa shape index (κ2) is 11.5. The fourth-order valence-corrected chi connectivity index (χ4v) is 4.01. The van der Waals surface area contributed by atoms with E-state index in [2.05, 4.69) is 47.1 Å². The maximum atomic E-state index is 14.6. The summed E-state index contributed by atoms with van der Waals surface area (Å²) in [5.41, 5.74) is 10.1.